The Balaban J connectivity index is 0.00000128. The fraction of sp³-hybridized carbons (Fsp3) is 0.455. The summed E-state index contributed by atoms with van der Waals surface area (Å²) in [4.78, 5) is 0. The highest BCUT2D eigenvalue weighted by molar-refractivity contribution is 9.10. The van der Waals surface area contributed by atoms with Crippen molar-refractivity contribution in [3.05, 3.63) is 34.3 Å². The molecule has 1 aromatic rings. The number of hydrogen-bond donors (Lipinski definition) is 1. The van der Waals surface area contributed by atoms with Crippen LogP contribution >= 0.6 is 28.3 Å². The van der Waals surface area contributed by atoms with Gasteiger partial charge in [0.25, 0.3) is 5.92 Å². The number of hydrogen-bond acceptors (Lipinski definition) is 1. The molecule has 1 nitrogen and oxygen atoms in total. The van der Waals surface area contributed by atoms with E-state index in [-0.39, 0.29) is 25.4 Å². The molecule has 0 aliphatic carbocycles. The normalized spacial score (nSPS) is 27.5. The highest BCUT2D eigenvalue weighted by atomic mass is 79.9. The first-order chi connectivity index (χ1) is 6.93. The first-order valence-electron chi connectivity index (χ1n) is 4.81. The molecule has 1 aromatic carbocycles. The van der Waals surface area contributed by atoms with Gasteiger partial charge in [0.1, 0.15) is 0 Å². The molecule has 0 bridgehead atoms. The van der Waals surface area contributed by atoms with Crippen LogP contribution in [0.1, 0.15) is 18.9 Å². The van der Waals surface area contributed by atoms with Crippen LogP contribution in [-0.2, 0) is 5.54 Å². The molecule has 0 aromatic heterocycles. The Hall–Kier alpha value is -0.190. The van der Waals surface area contributed by atoms with Crippen LogP contribution in [0.25, 0.3) is 0 Å². The van der Waals surface area contributed by atoms with Crippen molar-refractivity contribution in [2.45, 2.75) is 24.8 Å². The van der Waals surface area contributed by atoms with E-state index in [0.29, 0.717) is 0 Å². The minimum atomic E-state index is -2.61. The van der Waals surface area contributed by atoms with Crippen molar-refractivity contribution in [2.75, 3.05) is 6.54 Å². The van der Waals surface area contributed by atoms with Crippen LogP contribution in [0.3, 0.4) is 0 Å². The van der Waals surface area contributed by atoms with Gasteiger partial charge in [-0.15, -0.1) is 12.4 Å². The number of alkyl halides is 2. The van der Waals surface area contributed by atoms with E-state index in [1.54, 1.807) is 0 Å². The largest absolute Gasteiger partial charge is 0.302 e. The predicted octanol–water partition coefficient (Wildman–Crippen LogP) is 3.71. The lowest BCUT2D eigenvalue weighted by Crippen LogP contribution is -2.33. The summed E-state index contributed by atoms with van der Waals surface area (Å²) in [5, 5.41) is 2.90. The molecule has 1 heterocycles. The number of nitrogens with one attached hydrogen (secondary N) is 1. The van der Waals surface area contributed by atoms with Gasteiger partial charge in [-0.1, -0.05) is 34.1 Å². The standard InChI is InChI=1S/C11H12BrF2N.ClH/c1-10(6-11(13,14)7-15-10)8-4-2-3-5-9(8)12;/h2-5,15H,6-7H2,1H3;1H. The van der Waals surface area contributed by atoms with E-state index in [4.69, 9.17) is 0 Å². The molecule has 0 spiro atoms. The Bertz CT molecular complexity index is 386. The number of benzene rings is 1. The Morgan fingerprint density at radius 1 is 1.31 bits per heavy atom. The second-order valence-electron chi connectivity index (χ2n) is 4.20. The van der Waals surface area contributed by atoms with E-state index < -0.39 is 11.5 Å². The van der Waals surface area contributed by atoms with Gasteiger partial charge in [0.05, 0.1) is 6.54 Å². The van der Waals surface area contributed by atoms with Crippen LogP contribution < -0.4 is 5.32 Å². The van der Waals surface area contributed by atoms with Crippen molar-refractivity contribution in [3.63, 3.8) is 0 Å². The lowest BCUT2D eigenvalue weighted by atomic mass is 9.90. The fourth-order valence-electron chi connectivity index (χ4n) is 2.07. The second-order valence-corrected chi connectivity index (χ2v) is 5.05. The van der Waals surface area contributed by atoms with Gasteiger partial charge >= 0.3 is 0 Å². The molecule has 5 heteroatoms. The zero-order valence-electron chi connectivity index (χ0n) is 8.77. The first kappa shape index (κ1) is 13.9. The zero-order valence-corrected chi connectivity index (χ0v) is 11.2. The van der Waals surface area contributed by atoms with Gasteiger partial charge in [-0.05, 0) is 18.6 Å². The van der Waals surface area contributed by atoms with Gasteiger partial charge in [0.15, 0.2) is 0 Å². The van der Waals surface area contributed by atoms with Crippen molar-refractivity contribution >= 4 is 28.3 Å². The van der Waals surface area contributed by atoms with Crippen LogP contribution in [0, 0.1) is 0 Å². The van der Waals surface area contributed by atoms with Crippen molar-refractivity contribution in [2.24, 2.45) is 0 Å². The second kappa shape index (κ2) is 4.59. The molecular weight excluding hydrogens is 299 g/mol. The molecule has 1 atom stereocenters. The molecule has 90 valence electrons. The summed E-state index contributed by atoms with van der Waals surface area (Å²) >= 11 is 3.39. The third-order valence-electron chi connectivity index (χ3n) is 2.82. The molecule has 1 unspecified atom stereocenters. The maximum Gasteiger partial charge on any atom is 0.262 e. The van der Waals surface area contributed by atoms with Crippen LogP contribution in [0.5, 0.6) is 0 Å². The smallest absolute Gasteiger partial charge is 0.262 e. The molecule has 16 heavy (non-hydrogen) atoms. The molecule has 1 fully saturated rings. The number of halogens is 4. The quantitative estimate of drug-likeness (QED) is 0.833. The highest BCUT2D eigenvalue weighted by Gasteiger charge is 2.47. The van der Waals surface area contributed by atoms with Gasteiger partial charge in [0.2, 0.25) is 0 Å². The third-order valence-corrected chi connectivity index (χ3v) is 3.51. The fourth-order valence-corrected chi connectivity index (χ4v) is 2.79. The SMILES string of the molecule is CC1(c2ccccc2Br)CC(F)(F)CN1.Cl. The van der Waals surface area contributed by atoms with E-state index in [1.807, 2.05) is 31.2 Å². The maximum absolute atomic E-state index is 13.2. The van der Waals surface area contributed by atoms with Crippen LogP contribution in [0.2, 0.25) is 0 Å². The molecule has 0 saturated carbocycles. The summed E-state index contributed by atoms with van der Waals surface area (Å²) in [5.74, 6) is -2.61. The summed E-state index contributed by atoms with van der Waals surface area (Å²) in [5.41, 5.74) is 0.256. The van der Waals surface area contributed by atoms with Crippen molar-refractivity contribution in [3.8, 4) is 0 Å². The molecule has 1 N–H and O–H groups in total. The van der Waals surface area contributed by atoms with Crippen LogP contribution in [0.4, 0.5) is 8.78 Å². The van der Waals surface area contributed by atoms with Gasteiger partial charge in [-0.2, -0.15) is 0 Å². The van der Waals surface area contributed by atoms with Crippen LogP contribution in [0.15, 0.2) is 28.7 Å². The van der Waals surface area contributed by atoms with E-state index in [2.05, 4.69) is 21.2 Å². The van der Waals surface area contributed by atoms with Gasteiger partial charge in [-0.25, -0.2) is 8.78 Å². The Morgan fingerprint density at radius 2 is 1.94 bits per heavy atom. The van der Waals surface area contributed by atoms with E-state index >= 15 is 0 Å². The highest BCUT2D eigenvalue weighted by Crippen LogP contribution is 2.41. The Kier molecular flexibility index (Phi) is 3.98. The average Bonchev–Trinajstić information content (AvgIpc) is 2.42. The van der Waals surface area contributed by atoms with Crippen LogP contribution in [-0.4, -0.2) is 12.5 Å². The summed E-state index contributed by atoms with van der Waals surface area (Å²) < 4.78 is 27.2. The molecule has 0 amide bonds. The third kappa shape index (κ3) is 2.55. The monoisotopic (exact) mass is 311 g/mol. The van der Waals surface area contributed by atoms with Gasteiger partial charge in [0, 0.05) is 16.4 Å². The topological polar surface area (TPSA) is 12.0 Å². The van der Waals surface area contributed by atoms with E-state index in [1.165, 1.54) is 0 Å². The minimum Gasteiger partial charge on any atom is -0.302 e. The molecule has 0 radical (unpaired) electrons. The van der Waals surface area contributed by atoms with Gasteiger partial charge in [-0.3, -0.25) is 0 Å². The summed E-state index contributed by atoms with van der Waals surface area (Å²) in [7, 11) is 0. The average molecular weight is 313 g/mol. The molecule has 1 saturated heterocycles. The lowest BCUT2D eigenvalue weighted by molar-refractivity contribution is 0.0164. The number of rotatable bonds is 1. The van der Waals surface area contributed by atoms with Gasteiger partial charge < -0.3 is 5.32 Å². The van der Waals surface area contributed by atoms with Crippen molar-refractivity contribution in [1.82, 2.24) is 5.32 Å². The lowest BCUT2D eigenvalue weighted by Gasteiger charge is -2.25. The Labute approximate surface area is 108 Å². The minimum absolute atomic E-state index is 0. The maximum atomic E-state index is 13.2. The summed E-state index contributed by atoms with van der Waals surface area (Å²) in [6.07, 6.45) is -0.150. The molecule has 1 aliphatic heterocycles. The zero-order chi connectivity index (χ0) is 11.1. The molecule has 2 rings (SSSR count). The summed E-state index contributed by atoms with van der Waals surface area (Å²) in [6.45, 7) is 1.57. The molecular formula is C11H13BrClF2N. The van der Waals surface area contributed by atoms with E-state index in [0.717, 1.165) is 10.0 Å². The van der Waals surface area contributed by atoms with E-state index in [9.17, 15) is 8.78 Å². The predicted molar refractivity (Wildman–Crippen MR) is 66.3 cm³/mol. The Morgan fingerprint density at radius 3 is 2.44 bits per heavy atom. The first-order valence-corrected chi connectivity index (χ1v) is 5.60. The van der Waals surface area contributed by atoms with Crippen molar-refractivity contribution in [1.29, 1.82) is 0 Å². The summed E-state index contributed by atoms with van der Waals surface area (Å²) in [6, 6.07) is 7.49. The molecule has 1 aliphatic rings. The van der Waals surface area contributed by atoms with Crippen molar-refractivity contribution < 1.29 is 8.78 Å².